The van der Waals surface area contributed by atoms with Crippen molar-refractivity contribution in [2.75, 3.05) is 5.32 Å². The molecule has 2 nitrogen and oxygen atoms in total. The van der Waals surface area contributed by atoms with Gasteiger partial charge in [0.25, 0.3) is 0 Å². The van der Waals surface area contributed by atoms with Crippen molar-refractivity contribution in [2.24, 2.45) is 0 Å². The van der Waals surface area contributed by atoms with Crippen molar-refractivity contribution >= 4 is 51.5 Å². The maximum absolute atomic E-state index is 10.7. The molecule has 0 heterocycles. The first-order chi connectivity index (χ1) is 12.5. The van der Waals surface area contributed by atoms with Crippen LogP contribution in [0.5, 0.6) is 0 Å². The molecular weight excluding hydrogens is 480 g/mol. The molecule has 3 rings (SSSR count). The molecule has 2 N–H and O–H groups in total. The molecule has 0 aliphatic carbocycles. The highest BCUT2D eigenvalue weighted by Crippen LogP contribution is 2.31. The van der Waals surface area contributed by atoms with Gasteiger partial charge in [0.2, 0.25) is 0 Å². The van der Waals surface area contributed by atoms with Crippen molar-refractivity contribution in [1.82, 2.24) is 0 Å². The topological polar surface area (TPSA) is 32.3 Å². The normalized spacial score (nSPS) is 13.2. The van der Waals surface area contributed by atoms with Crippen LogP contribution in [0.15, 0.2) is 72.8 Å². The van der Waals surface area contributed by atoms with Crippen LogP contribution < -0.4 is 5.32 Å². The zero-order valence-corrected chi connectivity index (χ0v) is 17.5. The molecule has 0 aromatic heterocycles. The number of rotatable bonds is 6. The van der Waals surface area contributed by atoms with Gasteiger partial charge in [-0.25, -0.2) is 0 Å². The second kappa shape index (κ2) is 9.09. The highest BCUT2D eigenvalue weighted by molar-refractivity contribution is 14.1. The molecule has 0 saturated heterocycles. The van der Waals surface area contributed by atoms with Crippen LogP contribution in [-0.4, -0.2) is 5.11 Å². The van der Waals surface area contributed by atoms with Crippen molar-refractivity contribution in [3.05, 3.63) is 97.5 Å². The number of aliphatic hydroxyl groups is 1. The van der Waals surface area contributed by atoms with Gasteiger partial charge in [0.1, 0.15) is 0 Å². The third kappa shape index (κ3) is 5.36. The Hall–Kier alpha value is -1.27. The number of hydrogen-bond donors (Lipinski definition) is 2. The summed E-state index contributed by atoms with van der Waals surface area (Å²) in [4.78, 5) is 0. The molecule has 134 valence electrons. The summed E-state index contributed by atoms with van der Waals surface area (Å²) in [6.45, 7) is 0. The summed E-state index contributed by atoms with van der Waals surface area (Å²) in [6.07, 6.45) is -0.0841. The summed E-state index contributed by atoms with van der Waals surface area (Å²) in [5, 5.41) is 15.6. The van der Waals surface area contributed by atoms with E-state index in [1.54, 1.807) is 12.1 Å². The van der Waals surface area contributed by atoms with Gasteiger partial charge in [-0.1, -0.05) is 47.5 Å². The Labute approximate surface area is 177 Å². The molecule has 3 aromatic carbocycles. The van der Waals surface area contributed by atoms with Crippen LogP contribution >= 0.6 is 45.8 Å². The molecule has 3 aromatic rings. The van der Waals surface area contributed by atoms with Crippen LogP contribution in [0.1, 0.15) is 29.7 Å². The maximum Gasteiger partial charge on any atom is 0.0813 e. The highest BCUT2D eigenvalue weighted by atomic mass is 127. The largest absolute Gasteiger partial charge is 0.388 e. The van der Waals surface area contributed by atoms with Gasteiger partial charge >= 0.3 is 0 Å². The Balaban J connectivity index is 1.83. The van der Waals surface area contributed by atoms with E-state index in [-0.39, 0.29) is 6.04 Å². The summed E-state index contributed by atoms with van der Waals surface area (Å²) < 4.78 is 1.18. The molecule has 0 amide bonds. The SMILES string of the molecule is OC(CC(Nc1ccc(I)cc1)c1ccc(Cl)cc1)c1ccc(Cl)cc1. The molecule has 0 saturated carbocycles. The first-order valence-electron chi connectivity index (χ1n) is 8.22. The van der Waals surface area contributed by atoms with Crippen LogP contribution in [0.2, 0.25) is 10.0 Å². The molecule has 2 unspecified atom stereocenters. The molecule has 0 spiro atoms. The van der Waals surface area contributed by atoms with Crippen LogP contribution in [0.3, 0.4) is 0 Å². The summed E-state index contributed by atoms with van der Waals surface area (Å²) in [5.41, 5.74) is 2.92. The summed E-state index contributed by atoms with van der Waals surface area (Å²) in [6, 6.07) is 23.2. The first kappa shape index (κ1) is 19.5. The molecule has 26 heavy (non-hydrogen) atoms. The number of anilines is 1. The summed E-state index contributed by atoms with van der Waals surface area (Å²) in [5.74, 6) is 0. The second-order valence-electron chi connectivity index (χ2n) is 6.06. The summed E-state index contributed by atoms with van der Waals surface area (Å²) >= 11 is 14.3. The number of benzene rings is 3. The van der Waals surface area contributed by atoms with E-state index >= 15 is 0 Å². The zero-order chi connectivity index (χ0) is 18.5. The van der Waals surface area contributed by atoms with Gasteiger partial charge in [-0.3, -0.25) is 0 Å². The van der Waals surface area contributed by atoms with Gasteiger partial charge in [-0.05, 0) is 82.2 Å². The Morgan fingerprint density at radius 3 is 1.81 bits per heavy atom. The van der Waals surface area contributed by atoms with Gasteiger partial charge in [-0.15, -0.1) is 0 Å². The van der Waals surface area contributed by atoms with E-state index in [2.05, 4.69) is 40.0 Å². The predicted molar refractivity (Wildman–Crippen MR) is 118 cm³/mol. The van der Waals surface area contributed by atoms with Crippen molar-refractivity contribution in [1.29, 1.82) is 0 Å². The first-order valence-corrected chi connectivity index (χ1v) is 10.1. The Morgan fingerprint density at radius 2 is 1.27 bits per heavy atom. The number of hydrogen-bond acceptors (Lipinski definition) is 2. The van der Waals surface area contributed by atoms with E-state index in [9.17, 15) is 5.11 Å². The minimum absolute atomic E-state index is 0.0574. The second-order valence-corrected chi connectivity index (χ2v) is 8.18. The number of nitrogens with one attached hydrogen (secondary N) is 1. The standard InChI is InChI=1S/C21H18Cl2INO/c22-16-5-1-14(2-6-16)20(25-19-11-9-18(24)10-12-19)13-21(26)15-3-7-17(23)8-4-15/h1-12,20-21,25-26H,13H2. The molecule has 0 fully saturated rings. The van der Waals surface area contributed by atoms with Gasteiger partial charge in [0.15, 0.2) is 0 Å². The van der Waals surface area contributed by atoms with E-state index in [1.165, 1.54) is 3.57 Å². The molecule has 2 atom stereocenters. The summed E-state index contributed by atoms with van der Waals surface area (Å²) in [7, 11) is 0. The molecule has 5 heteroatoms. The molecule has 0 aliphatic heterocycles. The van der Waals surface area contributed by atoms with E-state index in [0.29, 0.717) is 16.5 Å². The van der Waals surface area contributed by atoms with E-state index in [1.807, 2.05) is 48.5 Å². The maximum atomic E-state index is 10.7. The van der Waals surface area contributed by atoms with Gasteiger partial charge in [0, 0.05) is 25.7 Å². The van der Waals surface area contributed by atoms with Gasteiger partial charge in [0.05, 0.1) is 12.1 Å². The van der Waals surface area contributed by atoms with Crippen molar-refractivity contribution in [3.8, 4) is 0 Å². The fraction of sp³-hybridized carbons (Fsp3) is 0.143. The third-order valence-corrected chi connectivity index (χ3v) is 5.39. The lowest BCUT2D eigenvalue weighted by Crippen LogP contribution is -2.15. The Kier molecular flexibility index (Phi) is 6.81. The predicted octanol–water partition coefficient (Wildman–Crippen LogP) is 6.87. The van der Waals surface area contributed by atoms with E-state index in [0.717, 1.165) is 16.8 Å². The highest BCUT2D eigenvalue weighted by Gasteiger charge is 2.18. The lowest BCUT2D eigenvalue weighted by atomic mass is 9.96. The van der Waals surface area contributed by atoms with Crippen LogP contribution in [0.25, 0.3) is 0 Å². The number of halogens is 3. The molecule has 0 radical (unpaired) electrons. The van der Waals surface area contributed by atoms with Gasteiger partial charge < -0.3 is 10.4 Å². The van der Waals surface area contributed by atoms with Crippen molar-refractivity contribution in [3.63, 3.8) is 0 Å². The average Bonchev–Trinajstić information content (AvgIpc) is 2.64. The quantitative estimate of drug-likeness (QED) is 0.364. The Morgan fingerprint density at radius 1 is 0.769 bits per heavy atom. The lowest BCUT2D eigenvalue weighted by molar-refractivity contribution is 0.160. The monoisotopic (exact) mass is 497 g/mol. The van der Waals surface area contributed by atoms with Crippen LogP contribution in [0.4, 0.5) is 5.69 Å². The van der Waals surface area contributed by atoms with Gasteiger partial charge in [-0.2, -0.15) is 0 Å². The number of aliphatic hydroxyl groups excluding tert-OH is 1. The third-order valence-electron chi connectivity index (χ3n) is 4.17. The van der Waals surface area contributed by atoms with E-state index in [4.69, 9.17) is 23.2 Å². The fourth-order valence-electron chi connectivity index (χ4n) is 2.77. The molecule has 0 aliphatic rings. The lowest BCUT2D eigenvalue weighted by Gasteiger charge is -2.24. The fourth-order valence-corrected chi connectivity index (χ4v) is 3.38. The minimum Gasteiger partial charge on any atom is -0.388 e. The smallest absolute Gasteiger partial charge is 0.0813 e. The average molecular weight is 498 g/mol. The van der Waals surface area contributed by atoms with Crippen molar-refractivity contribution in [2.45, 2.75) is 18.6 Å². The Bertz CT molecular complexity index is 835. The van der Waals surface area contributed by atoms with Crippen molar-refractivity contribution < 1.29 is 5.11 Å². The zero-order valence-electron chi connectivity index (χ0n) is 13.9. The molecular formula is C21H18Cl2INO. The van der Waals surface area contributed by atoms with E-state index < -0.39 is 6.10 Å². The van der Waals surface area contributed by atoms with Crippen LogP contribution in [0, 0.1) is 3.57 Å². The van der Waals surface area contributed by atoms with Crippen LogP contribution in [-0.2, 0) is 0 Å². The molecule has 0 bridgehead atoms. The minimum atomic E-state index is -0.607.